The van der Waals surface area contributed by atoms with Crippen molar-refractivity contribution in [3.05, 3.63) is 29.1 Å². The van der Waals surface area contributed by atoms with E-state index in [-0.39, 0.29) is 36.4 Å². The second kappa shape index (κ2) is 5.82. The minimum absolute atomic E-state index is 0.0739. The number of carbonyl (C=O) groups is 1. The third kappa shape index (κ3) is 2.98. The number of halogens is 1. The molecular formula is C13H19FN2O2. The molecule has 0 aliphatic heterocycles. The van der Waals surface area contributed by atoms with Crippen LogP contribution in [0.15, 0.2) is 12.1 Å². The van der Waals surface area contributed by atoms with Crippen molar-refractivity contribution in [1.82, 2.24) is 4.90 Å². The molecular weight excluding hydrogens is 235 g/mol. The normalized spacial score (nSPS) is 10.8. The lowest BCUT2D eigenvalue weighted by Gasteiger charge is -2.26. The van der Waals surface area contributed by atoms with Crippen molar-refractivity contribution < 1.29 is 14.3 Å². The minimum Gasteiger partial charge on any atom is -0.398 e. The first-order valence-corrected chi connectivity index (χ1v) is 5.86. The lowest BCUT2D eigenvalue weighted by Crippen LogP contribution is -2.39. The fourth-order valence-corrected chi connectivity index (χ4v) is 1.69. The fraction of sp³-hybridized carbons (Fsp3) is 0.462. The second-order valence-electron chi connectivity index (χ2n) is 4.49. The molecule has 1 aromatic carbocycles. The molecule has 0 fully saturated rings. The number of carbonyl (C=O) groups excluding carboxylic acids is 1. The zero-order valence-corrected chi connectivity index (χ0v) is 10.9. The van der Waals surface area contributed by atoms with Gasteiger partial charge in [0.25, 0.3) is 5.91 Å². The van der Waals surface area contributed by atoms with Crippen LogP contribution in [0.4, 0.5) is 10.1 Å². The van der Waals surface area contributed by atoms with E-state index in [1.165, 1.54) is 17.0 Å². The summed E-state index contributed by atoms with van der Waals surface area (Å²) >= 11 is 0. The van der Waals surface area contributed by atoms with Gasteiger partial charge in [0.15, 0.2) is 0 Å². The Morgan fingerprint density at radius 3 is 2.56 bits per heavy atom. The number of hydrogen-bond acceptors (Lipinski definition) is 3. The van der Waals surface area contributed by atoms with Crippen LogP contribution in [0.3, 0.4) is 0 Å². The summed E-state index contributed by atoms with van der Waals surface area (Å²) < 4.78 is 13.6. The molecule has 1 rings (SSSR count). The molecule has 0 heterocycles. The number of aliphatic hydroxyl groups is 1. The highest BCUT2D eigenvalue weighted by molar-refractivity contribution is 5.95. The van der Waals surface area contributed by atoms with Crippen molar-refractivity contribution in [2.45, 2.75) is 26.8 Å². The van der Waals surface area contributed by atoms with E-state index in [1.54, 1.807) is 6.92 Å². The predicted octanol–water partition coefficient (Wildman–Crippen LogP) is 1.56. The SMILES string of the molecule is Cc1c(N)cc(C(=O)N(CCO)C(C)C)cc1F. The molecule has 0 saturated heterocycles. The van der Waals surface area contributed by atoms with E-state index in [4.69, 9.17) is 10.8 Å². The quantitative estimate of drug-likeness (QED) is 0.801. The van der Waals surface area contributed by atoms with E-state index in [1.807, 2.05) is 13.8 Å². The third-order valence-corrected chi connectivity index (χ3v) is 2.86. The maximum absolute atomic E-state index is 13.6. The highest BCUT2D eigenvalue weighted by Gasteiger charge is 2.19. The number of aliphatic hydroxyl groups excluding tert-OH is 1. The Hall–Kier alpha value is -1.62. The number of nitrogens with two attached hydrogens (primary N) is 1. The van der Waals surface area contributed by atoms with Gasteiger partial charge in [0.05, 0.1) is 6.61 Å². The van der Waals surface area contributed by atoms with Gasteiger partial charge in [-0.2, -0.15) is 0 Å². The van der Waals surface area contributed by atoms with E-state index in [9.17, 15) is 9.18 Å². The summed E-state index contributed by atoms with van der Waals surface area (Å²) in [6.07, 6.45) is 0. The van der Waals surface area contributed by atoms with Gasteiger partial charge < -0.3 is 15.7 Å². The Bertz CT molecular complexity index is 424. The van der Waals surface area contributed by atoms with Crippen molar-refractivity contribution in [3.63, 3.8) is 0 Å². The first kappa shape index (κ1) is 14.4. The Kier molecular flexibility index (Phi) is 4.67. The second-order valence-corrected chi connectivity index (χ2v) is 4.49. The standard InChI is InChI=1S/C13H19FN2O2/c1-8(2)16(4-5-17)13(18)10-6-11(14)9(3)12(15)7-10/h6-8,17H,4-5,15H2,1-3H3. The molecule has 0 aliphatic rings. The van der Waals surface area contributed by atoms with Gasteiger partial charge in [-0.05, 0) is 32.9 Å². The summed E-state index contributed by atoms with van der Waals surface area (Å²) in [5, 5.41) is 8.94. The van der Waals surface area contributed by atoms with Crippen molar-refractivity contribution in [2.24, 2.45) is 0 Å². The summed E-state index contributed by atoms with van der Waals surface area (Å²) in [4.78, 5) is 13.7. The number of nitrogen functional groups attached to an aromatic ring is 1. The van der Waals surface area contributed by atoms with Crippen LogP contribution in [-0.2, 0) is 0 Å². The molecule has 3 N–H and O–H groups in total. The topological polar surface area (TPSA) is 66.6 Å². The summed E-state index contributed by atoms with van der Waals surface area (Å²) in [7, 11) is 0. The smallest absolute Gasteiger partial charge is 0.254 e. The van der Waals surface area contributed by atoms with Gasteiger partial charge in [0, 0.05) is 29.4 Å². The minimum atomic E-state index is -0.494. The maximum Gasteiger partial charge on any atom is 0.254 e. The molecule has 100 valence electrons. The molecule has 1 amide bonds. The molecule has 0 aliphatic carbocycles. The average Bonchev–Trinajstić information content (AvgIpc) is 2.31. The van der Waals surface area contributed by atoms with Crippen LogP contribution in [-0.4, -0.2) is 35.1 Å². The van der Waals surface area contributed by atoms with Crippen LogP contribution in [0.2, 0.25) is 0 Å². The van der Waals surface area contributed by atoms with E-state index < -0.39 is 5.82 Å². The first-order chi connectivity index (χ1) is 8.38. The molecule has 0 atom stereocenters. The lowest BCUT2D eigenvalue weighted by molar-refractivity contribution is 0.0665. The summed E-state index contributed by atoms with van der Waals surface area (Å²) in [5.74, 6) is -0.823. The summed E-state index contributed by atoms with van der Waals surface area (Å²) in [5.41, 5.74) is 6.45. The van der Waals surface area contributed by atoms with E-state index >= 15 is 0 Å². The molecule has 0 unspecified atom stereocenters. The predicted molar refractivity (Wildman–Crippen MR) is 68.8 cm³/mol. The van der Waals surface area contributed by atoms with Crippen molar-refractivity contribution in [3.8, 4) is 0 Å². The highest BCUT2D eigenvalue weighted by atomic mass is 19.1. The van der Waals surface area contributed by atoms with Gasteiger partial charge in [0.1, 0.15) is 5.82 Å². The monoisotopic (exact) mass is 254 g/mol. The van der Waals surface area contributed by atoms with Crippen LogP contribution < -0.4 is 5.73 Å². The Labute approximate surface area is 106 Å². The molecule has 18 heavy (non-hydrogen) atoms. The number of anilines is 1. The Morgan fingerprint density at radius 2 is 2.11 bits per heavy atom. The van der Waals surface area contributed by atoms with E-state index in [2.05, 4.69) is 0 Å². The average molecular weight is 254 g/mol. The molecule has 4 nitrogen and oxygen atoms in total. The van der Waals surface area contributed by atoms with E-state index in [0.29, 0.717) is 5.56 Å². The Balaban J connectivity index is 3.09. The number of amides is 1. The van der Waals surface area contributed by atoms with E-state index in [0.717, 1.165) is 0 Å². The molecule has 0 bridgehead atoms. The zero-order chi connectivity index (χ0) is 13.9. The van der Waals surface area contributed by atoms with Gasteiger partial charge in [-0.3, -0.25) is 4.79 Å². The fourth-order valence-electron chi connectivity index (χ4n) is 1.69. The molecule has 0 spiro atoms. The summed E-state index contributed by atoms with van der Waals surface area (Å²) in [6.45, 7) is 5.31. The van der Waals surface area contributed by atoms with Gasteiger partial charge in [0.2, 0.25) is 0 Å². The van der Waals surface area contributed by atoms with Crippen LogP contribution in [0.5, 0.6) is 0 Å². The van der Waals surface area contributed by atoms with Gasteiger partial charge in [-0.1, -0.05) is 0 Å². The largest absolute Gasteiger partial charge is 0.398 e. The number of rotatable bonds is 4. The third-order valence-electron chi connectivity index (χ3n) is 2.86. The van der Waals surface area contributed by atoms with Gasteiger partial charge in [-0.15, -0.1) is 0 Å². The molecule has 1 aromatic rings. The van der Waals surface area contributed by atoms with Crippen LogP contribution in [0, 0.1) is 12.7 Å². The van der Waals surface area contributed by atoms with Crippen LogP contribution >= 0.6 is 0 Å². The van der Waals surface area contributed by atoms with Crippen molar-refractivity contribution in [1.29, 1.82) is 0 Å². The number of benzene rings is 1. The van der Waals surface area contributed by atoms with Gasteiger partial charge >= 0.3 is 0 Å². The molecule has 0 radical (unpaired) electrons. The molecule has 0 aromatic heterocycles. The van der Waals surface area contributed by atoms with Gasteiger partial charge in [-0.25, -0.2) is 4.39 Å². The number of hydrogen-bond donors (Lipinski definition) is 2. The molecule has 0 saturated carbocycles. The molecule has 5 heteroatoms. The first-order valence-electron chi connectivity index (χ1n) is 5.86. The summed E-state index contributed by atoms with van der Waals surface area (Å²) in [6, 6.07) is 2.57. The number of nitrogens with zero attached hydrogens (tertiary/aromatic N) is 1. The van der Waals surface area contributed by atoms with Crippen molar-refractivity contribution in [2.75, 3.05) is 18.9 Å². The van der Waals surface area contributed by atoms with Crippen LogP contribution in [0.25, 0.3) is 0 Å². The lowest BCUT2D eigenvalue weighted by atomic mass is 10.1. The Morgan fingerprint density at radius 1 is 1.50 bits per heavy atom. The maximum atomic E-state index is 13.6. The van der Waals surface area contributed by atoms with Crippen molar-refractivity contribution >= 4 is 11.6 Å². The zero-order valence-electron chi connectivity index (χ0n) is 10.9. The highest BCUT2D eigenvalue weighted by Crippen LogP contribution is 2.19. The van der Waals surface area contributed by atoms with Crippen LogP contribution in [0.1, 0.15) is 29.8 Å².